The van der Waals surface area contributed by atoms with Crippen molar-refractivity contribution in [1.82, 2.24) is 9.97 Å². The van der Waals surface area contributed by atoms with Gasteiger partial charge >= 0.3 is 0 Å². The summed E-state index contributed by atoms with van der Waals surface area (Å²) in [7, 11) is 0. The summed E-state index contributed by atoms with van der Waals surface area (Å²) in [4.78, 5) is 8.99. The number of halogens is 2. The van der Waals surface area contributed by atoms with E-state index in [-0.39, 0.29) is 10.9 Å². The maximum Gasteiger partial charge on any atom is 0.145 e. The van der Waals surface area contributed by atoms with E-state index in [9.17, 15) is 4.39 Å². The fourth-order valence-corrected chi connectivity index (χ4v) is 2.75. The molecule has 0 bridgehead atoms. The molecule has 0 spiro atoms. The molecule has 5 heteroatoms. The van der Waals surface area contributed by atoms with Crippen LogP contribution in [0.4, 0.5) is 4.39 Å². The van der Waals surface area contributed by atoms with Crippen molar-refractivity contribution in [3.63, 3.8) is 0 Å². The molecule has 1 heterocycles. The monoisotopic (exact) mass is 307 g/mol. The largest absolute Gasteiger partial charge is 0.330 e. The Morgan fingerprint density at radius 3 is 2.43 bits per heavy atom. The van der Waals surface area contributed by atoms with Gasteiger partial charge in [0, 0.05) is 17.8 Å². The van der Waals surface area contributed by atoms with E-state index < -0.39 is 5.82 Å². The average Bonchev–Trinajstić information content (AvgIpc) is 2.43. The normalized spacial score (nSPS) is 12.5. The number of benzene rings is 1. The van der Waals surface area contributed by atoms with E-state index >= 15 is 0 Å². The fraction of sp³-hybridized carbons (Fsp3) is 0.375. The lowest BCUT2D eigenvalue weighted by molar-refractivity contribution is 0.612. The summed E-state index contributed by atoms with van der Waals surface area (Å²) in [5, 5.41) is 0.120. The van der Waals surface area contributed by atoms with E-state index in [0.717, 1.165) is 17.0 Å². The zero-order valence-electron chi connectivity index (χ0n) is 12.5. The highest BCUT2D eigenvalue weighted by atomic mass is 35.5. The number of nitrogens with two attached hydrogens (primary N) is 1. The fourth-order valence-electron chi connectivity index (χ4n) is 2.56. The molecular weight excluding hydrogens is 289 g/mol. The van der Waals surface area contributed by atoms with Gasteiger partial charge in [-0.15, -0.1) is 0 Å². The molecule has 112 valence electrons. The summed E-state index contributed by atoms with van der Waals surface area (Å²) in [6, 6.07) is 4.96. The first-order valence-corrected chi connectivity index (χ1v) is 7.28. The molecule has 2 rings (SSSR count). The van der Waals surface area contributed by atoms with Crippen LogP contribution in [0, 0.1) is 19.7 Å². The van der Waals surface area contributed by atoms with Gasteiger partial charge in [-0.05, 0) is 43.5 Å². The number of rotatable bonds is 4. The first-order chi connectivity index (χ1) is 9.93. The molecule has 0 fully saturated rings. The Bertz CT molecular complexity index is 635. The predicted molar refractivity (Wildman–Crippen MR) is 83.2 cm³/mol. The second-order valence-electron chi connectivity index (χ2n) is 5.25. The number of aryl methyl sites for hydroxylation is 2. The molecule has 2 N–H and O–H groups in total. The highest BCUT2D eigenvalue weighted by Crippen LogP contribution is 2.23. The second-order valence-corrected chi connectivity index (χ2v) is 5.66. The highest BCUT2D eigenvalue weighted by molar-refractivity contribution is 6.30. The lowest BCUT2D eigenvalue weighted by atomic mass is 9.98. The van der Waals surface area contributed by atoms with Crippen molar-refractivity contribution in [3.05, 3.63) is 57.4 Å². The third-order valence-corrected chi connectivity index (χ3v) is 3.89. The van der Waals surface area contributed by atoms with Gasteiger partial charge in [0.25, 0.3) is 0 Å². The Hall–Kier alpha value is -1.52. The van der Waals surface area contributed by atoms with E-state index in [1.165, 1.54) is 6.07 Å². The van der Waals surface area contributed by atoms with Crippen molar-refractivity contribution in [2.45, 2.75) is 33.1 Å². The summed E-state index contributed by atoms with van der Waals surface area (Å²) in [5.74, 6) is 0.401. The Kier molecular flexibility index (Phi) is 4.91. The predicted octanol–water partition coefficient (Wildman–Crippen LogP) is 3.54. The number of hydrogen-bond donors (Lipinski definition) is 1. The van der Waals surface area contributed by atoms with Crippen LogP contribution in [-0.4, -0.2) is 16.5 Å². The Labute approximate surface area is 129 Å². The summed E-state index contributed by atoms with van der Waals surface area (Å²) in [6.45, 7) is 6.48. The van der Waals surface area contributed by atoms with E-state index in [1.807, 2.05) is 13.8 Å². The van der Waals surface area contributed by atoms with Gasteiger partial charge in [0.1, 0.15) is 11.6 Å². The molecule has 21 heavy (non-hydrogen) atoms. The van der Waals surface area contributed by atoms with Crippen LogP contribution in [0.5, 0.6) is 0 Å². The van der Waals surface area contributed by atoms with Crippen LogP contribution in [0.2, 0.25) is 5.02 Å². The maximum atomic E-state index is 13.9. The smallest absolute Gasteiger partial charge is 0.145 e. The molecule has 3 nitrogen and oxygen atoms in total. The van der Waals surface area contributed by atoms with Crippen LogP contribution >= 0.6 is 11.6 Å². The third-order valence-electron chi connectivity index (χ3n) is 3.60. The molecule has 1 aromatic carbocycles. The number of hydrogen-bond acceptors (Lipinski definition) is 3. The maximum absolute atomic E-state index is 13.9. The van der Waals surface area contributed by atoms with Crippen molar-refractivity contribution in [1.29, 1.82) is 0 Å². The summed E-state index contributed by atoms with van der Waals surface area (Å²) in [6.07, 6.45) is 0.325. The van der Waals surface area contributed by atoms with E-state index in [0.29, 0.717) is 24.4 Å². The van der Waals surface area contributed by atoms with Crippen LogP contribution in [0.3, 0.4) is 0 Å². The lowest BCUT2D eigenvalue weighted by Gasteiger charge is -2.16. The van der Waals surface area contributed by atoms with Crippen molar-refractivity contribution in [2.75, 3.05) is 6.54 Å². The first kappa shape index (κ1) is 15.9. The van der Waals surface area contributed by atoms with Gasteiger partial charge in [-0.2, -0.15) is 0 Å². The Balaban J connectivity index is 2.36. The Morgan fingerprint density at radius 1 is 1.24 bits per heavy atom. The summed E-state index contributed by atoms with van der Waals surface area (Å²) in [5.41, 5.74) is 9.10. The van der Waals surface area contributed by atoms with Crippen LogP contribution in [0.25, 0.3) is 0 Å². The number of nitrogens with zero attached hydrogens (tertiary/aromatic N) is 2. The van der Waals surface area contributed by atoms with Gasteiger partial charge < -0.3 is 5.73 Å². The van der Waals surface area contributed by atoms with E-state index in [2.05, 4.69) is 16.9 Å². The molecule has 1 atom stereocenters. The molecule has 0 aliphatic heterocycles. The van der Waals surface area contributed by atoms with Gasteiger partial charge in [-0.3, -0.25) is 0 Å². The van der Waals surface area contributed by atoms with Crippen molar-refractivity contribution >= 4 is 11.6 Å². The quantitative estimate of drug-likeness (QED) is 0.940. The van der Waals surface area contributed by atoms with Gasteiger partial charge in [0.05, 0.1) is 5.02 Å². The third kappa shape index (κ3) is 3.39. The van der Waals surface area contributed by atoms with Crippen molar-refractivity contribution in [3.8, 4) is 0 Å². The van der Waals surface area contributed by atoms with Crippen LogP contribution in [0.1, 0.15) is 41.2 Å². The minimum atomic E-state index is -0.405. The minimum Gasteiger partial charge on any atom is -0.330 e. The molecule has 1 unspecified atom stereocenters. The van der Waals surface area contributed by atoms with E-state index in [1.54, 1.807) is 12.1 Å². The lowest BCUT2D eigenvalue weighted by Crippen LogP contribution is -2.15. The van der Waals surface area contributed by atoms with Gasteiger partial charge in [0.2, 0.25) is 0 Å². The van der Waals surface area contributed by atoms with Crippen LogP contribution in [0.15, 0.2) is 18.2 Å². The standard InChI is InChI=1S/C16H19ClFN3/c1-9(8-19)15-10(2)20-14(21-11(15)3)7-12-5-4-6-13(17)16(12)18/h4-6,9H,7-8,19H2,1-3H3. The molecule has 0 saturated heterocycles. The highest BCUT2D eigenvalue weighted by Gasteiger charge is 2.15. The van der Waals surface area contributed by atoms with Gasteiger partial charge in [-0.25, -0.2) is 14.4 Å². The topological polar surface area (TPSA) is 51.8 Å². The molecule has 0 amide bonds. The van der Waals surface area contributed by atoms with Crippen LogP contribution < -0.4 is 5.73 Å². The minimum absolute atomic E-state index is 0.120. The first-order valence-electron chi connectivity index (χ1n) is 6.91. The molecule has 1 aromatic heterocycles. The van der Waals surface area contributed by atoms with Crippen molar-refractivity contribution < 1.29 is 4.39 Å². The zero-order chi connectivity index (χ0) is 15.6. The molecule has 0 aliphatic rings. The Morgan fingerprint density at radius 2 is 1.86 bits per heavy atom. The molecule has 0 aliphatic carbocycles. The SMILES string of the molecule is Cc1nc(Cc2cccc(Cl)c2F)nc(C)c1C(C)CN. The van der Waals surface area contributed by atoms with Gasteiger partial charge in [-0.1, -0.05) is 30.7 Å². The zero-order valence-corrected chi connectivity index (χ0v) is 13.2. The van der Waals surface area contributed by atoms with Crippen LogP contribution in [-0.2, 0) is 6.42 Å². The van der Waals surface area contributed by atoms with E-state index in [4.69, 9.17) is 17.3 Å². The van der Waals surface area contributed by atoms with Gasteiger partial charge in [0.15, 0.2) is 0 Å². The molecule has 2 aromatic rings. The summed E-state index contributed by atoms with van der Waals surface area (Å²) >= 11 is 5.80. The molecular formula is C16H19ClFN3. The molecule has 0 saturated carbocycles. The summed E-state index contributed by atoms with van der Waals surface area (Å²) < 4.78 is 13.9. The second kappa shape index (κ2) is 6.50. The molecule has 0 radical (unpaired) electrons. The van der Waals surface area contributed by atoms with Crippen molar-refractivity contribution in [2.24, 2.45) is 5.73 Å². The number of aromatic nitrogens is 2. The average molecular weight is 308 g/mol.